The van der Waals surface area contributed by atoms with Gasteiger partial charge in [0.1, 0.15) is 0 Å². The highest BCUT2D eigenvalue weighted by molar-refractivity contribution is 7.90. The van der Waals surface area contributed by atoms with Gasteiger partial charge in [0.05, 0.1) is 11.9 Å². The second-order valence-corrected chi connectivity index (χ2v) is 8.04. The number of hydrogen-bond donors (Lipinski definition) is 0. The molecule has 2 aliphatic rings. The first-order chi connectivity index (χ1) is 10.5. The first-order valence-corrected chi connectivity index (χ1v) is 9.20. The van der Waals surface area contributed by atoms with Crippen molar-refractivity contribution in [2.45, 2.75) is 37.5 Å². The van der Waals surface area contributed by atoms with Gasteiger partial charge < -0.3 is 9.64 Å². The molecule has 8 heteroatoms. The van der Waals surface area contributed by atoms with Crippen molar-refractivity contribution in [3.05, 3.63) is 12.4 Å². The second-order valence-electron chi connectivity index (χ2n) is 5.77. The van der Waals surface area contributed by atoms with Gasteiger partial charge in [0.25, 0.3) is 5.88 Å². The van der Waals surface area contributed by atoms with Crippen LogP contribution in [0.15, 0.2) is 12.4 Å². The minimum absolute atomic E-state index is 0.0120. The van der Waals surface area contributed by atoms with E-state index < -0.39 is 10.0 Å². The highest BCUT2D eigenvalue weighted by Crippen LogP contribution is 2.34. The Hall–Kier alpha value is -1.41. The predicted octanol–water partition coefficient (Wildman–Crippen LogP) is 0.878. The number of aromatic nitrogens is 2. The maximum Gasteiger partial charge on any atom is 0.257 e. The Labute approximate surface area is 131 Å². The molecule has 1 aromatic heterocycles. The van der Waals surface area contributed by atoms with Crippen molar-refractivity contribution in [3.8, 4) is 5.88 Å². The Morgan fingerprint density at radius 2 is 2.05 bits per heavy atom. The summed E-state index contributed by atoms with van der Waals surface area (Å²) in [5.74, 6) is 1.21. The number of sulfonamides is 1. The lowest BCUT2D eigenvalue weighted by molar-refractivity contribution is 0.325. The van der Waals surface area contributed by atoms with E-state index in [1.54, 1.807) is 23.7 Å². The fraction of sp³-hybridized carbons (Fsp3) is 0.714. The number of ether oxygens (including phenoxy) is 1. The summed E-state index contributed by atoms with van der Waals surface area (Å²) in [5.41, 5.74) is 0. The highest BCUT2D eigenvalue weighted by Gasteiger charge is 2.42. The number of anilines is 1. The van der Waals surface area contributed by atoms with Crippen molar-refractivity contribution in [1.82, 2.24) is 14.3 Å². The van der Waals surface area contributed by atoms with Crippen LogP contribution in [0.3, 0.4) is 0 Å². The number of nitrogens with zero attached hydrogens (tertiary/aromatic N) is 4. The van der Waals surface area contributed by atoms with E-state index in [4.69, 9.17) is 4.74 Å². The van der Waals surface area contributed by atoms with Gasteiger partial charge in [-0.2, -0.15) is 4.31 Å². The Bertz CT molecular complexity index is 633. The van der Waals surface area contributed by atoms with Gasteiger partial charge in [0.2, 0.25) is 10.0 Å². The van der Waals surface area contributed by atoms with Crippen molar-refractivity contribution >= 4 is 15.8 Å². The molecule has 1 unspecified atom stereocenters. The molecule has 122 valence electrons. The van der Waals surface area contributed by atoms with E-state index in [1.807, 2.05) is 6.92 Å². The first-order valence-electron chi connectivity index (χ1n) is 7.69. The molecular formula is C14H22N4O3S. The summed E-state index contributed by atoms with van der Waals surface area (Å²) in [5, 5.41) is -0.165. The third-order valence-electron chi connectivity index (χ3n) is 4.25. The molecule has 1 aliphatic heterocycles. The first kappa shape index (κ1) is 15.5. The zero-order valence-electron chi connectivity index (χ0n) is 13.0. The van der Waals surface area contributed by atoms with Gasteiger partial charge in [-0.05, 0) is 26.2 Å². The average molecular weight is 326 g/mol. The molecule has 0 spiro atoms. The van der Waals surface area contributed by atoms with Crippen LogP contribution in [0.1, 0.15) is 26.2 Å². The molecule has 1 aliphatic carbocycles. The maximum absolute atomic E-state index is 12.3. The molecule has 1 saturated heterocycles. The number of likely N-dealkylation sites (N-methyl/N-ethyl adjacent to an activating group) is 1. The Balaban J connectivity index is 1.72. The lowest BCUT2D eigenvalue weighted by Crippen LogP contribution is -2.40. The van der Waals surface area contributed by atoms with Crippen LogP contribution in [0.25, 0.3) is 0 Å². The standard InChI is InChI=1S/C14H22N4O3S/c1-3-21-14-13(15-7-8-16-14)18-9-6-11(10-18)17(2)22(19,20)12-4-5-12/h7-8,11-12H,3-6,9-10H2,1-2H3. The van der Waals surface area contributed by atoms with Crippen LogP contribution in [0.4, 0.5) is 5.82 Å². The van der Waals surface area contributed by atoms with E-state index in [9.17, 15) is 8.42 Å². The molecule has 2 fully saturated rings. The molecule has 0 aromatic carbocycles. The second kappa shape index (κ2) is 6.00. The Kier molecular flexibility index (Phi) is 4.22. The molecule has 0 radical (unpaired) electrons. The molecule has 0 bridgehead atoms. The van der Waals surface area contributed by atoms with Crippen LogP contribution in [0.2, 0.25) is 0 Å². The van der Waals surface area contributed by atoms with Gasteiger partial charge in [-0.1, -0.05) is 0 Å². The monoisotopic (exact) mass is 326 g/mol. The molecule has 0 amide bonds. The van der Waals surface area contributed by atoms with Crippen molar-refractivity contribution in [2.75, 3.05) is 31.6 Å². The molecule has 1 saturated carbocycles. The average Bonchev–Trinajstić information content (AvgIpc) is 3.27. The summed E-state index contributed by atoms with van der Waals surface area (Å²) in [4.78, 5) is 10.6. The molecule has 1 atom stereocenters. The third-order valence-corrected chi connectivity index (χ3v) is 6.67. The van der Waals surface area contributed by atoms with Crippen LogP contribution in [-0.4, -0.2) is 60.7 Å². The topological polar surface area (TPSA) is 75.6 Å². The van der Waals surface area contributed by atoms with Crippen molar-refractivity contribution < 1.29 is 13.2 Å². The minimum atomic E-state index is -3.14. The fourth-order valence-corrected chi connectivity index (χ4v) is 4.60. The normalized spacial score (nSPS) is 22.3. The third kappa shape index (κ3) is 2.89. The van der Waals surface area contributed by atoms with E-state index in [-0.39, 0.29) is 11.3 Å². The predicted molar refractivity (Wildman–Crippen MR) is 83.5 cm³/mol. The molecular weight excluding hydrogens is 304 g/mol. The van der Waals surface area contributed by atoms with Crippen molar-refractivity contribution in [3.63, 3.8) is 0 Å². The van der Waals surface area contributed by atoms with E-state index in [0.29, 0.717) is 24.8 Å². The van der Waals surface area contributed by atoms with Crippen LogP contribution in [0, 0.1) is 0 Å². The molecule has 1 aromatic rings. The van der Waals surface area contributed by atoms with Crippen LogP contribution < -0.4 is 9.64 Å². The zero-order valence-corrected chi connectivity index (χ0v) is 13.8. The summed E-state index contributed by atoms with van der Waals surface area (Å²) in [6.45, 7) is 3.81. The molecule has 22 heavy (non-hydrogen) atoms. The van der Waals surface area contributed by atoms with E-state index in [2.05, 4.69) is 14.9 Å². The largest absolute Gasteiger partial charge is 0.475 e. The van der Waals surface area contributed by atoms with Gasteiger partial charge in [-0.25, -0.2) is 18.4 Å². The Morgan fingerprint density at radius 3 is 2.73 bits per heavy atom. The molecule has 2 heterocycles. The van der Waals surface area contributed by atoms with Crippen LogP contribution in [0.5, 0.6) is 5.88 Å². The van der Waals surface area contributed by atoms with Gasteiger partial charge in [0.15, 0.2) is 5.82 Å². The van der Waals surface area contributed by atoms with Gasteiger partial charge >= 0.3 is 0 Å². The number of hydrogen-bond acceptors (Lipinski definition) is 6. The molecule has 0 N–H and O–H groups in total. The van der Waals surface area contributed by atoms with Gasteiger partial charge in [0, 0.05) is 38.6 Å². The van der Waals surface area contributed by atoms with Gasteiger partial charge in [-0.3, -0.25) is 0 Å². The van der Waals surface area contributed by atoms with E-state index in [1.165, 1.54) is 0 Å². The van der Waals surface area contributed by atoms with Crippen LogP contribution in [-0.2, 0) is 10.0 Å². The minimum Gasteiger partial charge on any atom is -0.475 e. The summed E-state index contributed by atoms with van der Waals surface area (Å²) in [6.07, 6.45) is 5.62. The number of rotatable bonds is 6. The van der Waals surface area contributed by atoms with Crippen LogP contribution >= 0.6 is 0 Å². The molecule has 3 rings (SSSR count). The lowest BCUT2D eigenvalue weighted by Gasteiger charge is -2.24. The van der Waals surface area contributed by atoms with Crippen molar-refractivity contribution in [2.24, 2.45) is 0 Å². The van der Waals surface area contributed by atoms with Gasteiger partial charge in [-0.15, -0.1) is 0 Å². The Morgan fingerprint density at radius 1 is 1.32 bits per heavy atom. The summed E-state index contributed by atoms with van der Waals surface area (Å²) in [7, 11) is -1.44. The smallest absolute Gasteiger partial charge is 0.257 e. The fourth-order valence-electron chi connectivity index (χ4n) is 2.81. The summed E-state index contributed by atoms with van der Waals surface area (Å²) in [6, 6.07) is -0.0120. The van der Waals surface area contributed by atoms with E-state index >= 15 is 0 Å². The quantitative estimate of drug-likeness (QED) is 0.772. The SMILES string of the molecule is CCOc1nccnc1N1CCC(N(C)S(=O)(=O)C2CC2)C1. The van der Waals surface area contributed by atoms with E-state index in [0.717, 1.165) is 25.8 Å². The summed E-state index contributed by atoms with van der Waals surface area (Å²) < 4.78 is 31.8. The highest BCUT2D eigenvalue weighted by atomic mass is 32.2. The lowest BCUT2D eigenvalue weighted by atomic mass is 10.3. The zero-order chi connectivity index (χ0) is 15.7. The maximum atomic E-state index is 12.3. The summed E-state index contributed by atoms with van der Waals surface area (Å²) >= 11 is 0. The molecule has 7 nitrogen and oxygen atoms in total. The van der Waals surface area contributed by atoms with Crippen molar-refractivity contribution in [1.29, 1.82) is 0 Å².